The summed E-state index contributed by atoms with van der Waals surface area (Å²) in [6.45, 7) is 6.91. The van der Waals surface area contributed by atoms with E-state index in [4.69, 9.17) is 0 Å². The van der Waals surface area contributed by atoms with Crippen molar-refractivity contribution >= 4 is 11.3 Å². The number of thiophene rings is 1. The predicted octanol–water partition coefficient (Wildman–Crippen LogP) is 2.51. The van der Waals surface area contributed by atoms with Gasteiger partial charge in [-0.15, -0.1) is 11.3 Å². The Morgan fingerprint density at radius 2 is 2.50 bits per heavy atom. The zero-order valence-electron chi connectivity index (χ0n) is 7.71. The molecule has 0 saturated carbocycles. The number of likely N-dealkylation sites (N-methyl/N-ethyl adjacent to an activating group) is 1. The Morgan fingerprint density at radius 3 is 3.25 bits per heavy atom. The first-order valence-corrected chi connectivity index (χ1v) is 5.48. The number of rotatable bonds is 1. The van der Waals surface area contributed by atoms with Crippen LogP contribution in [0.1, 0.15) is 24.3 Å². The number of hydrogen-bond donors (Lipinski definition) is 0. The molecule has 1 unspecified atom stereocenters. The smallest absolute Gasteiger partial charge is 0.0247 e. The Labute approximate surface area is 78.0 Å². The number of nitrogens with zero attached hydrogens (tertiary/aromatic N) is 1. The van der Waals surface area contributed by atoms with Crippen molar-refractivity contribution < 1.29 is 0 Å². The first-order chi connectivity index (χ1) is 5.81. The lowest BCUT2D eigenvalue weighted by atomic mass is 10.0. The summed E-state index contributed by atoms with van der Waals surface area (Å²) in [5.41, 5.74) is 1.56. The third kappa shape index (κ3) is 1.29. The molecule has 1 aliphatic rings. The molecule has 1 aromatic rings. The van der Waals surface area contributed by atoms with Gasteiger partial charge in [-0.1, -0.05) is 6.92 Å². The summed E-state index contributed by atoms with van der Waals surface area (Å²) < 4.78 is 0. The Morgan fingerprint density at radius 1 is 1.67 bits per heavy atom. The van der Waals surface area contributed by atoms with Crippen LogP contribution in [0.3, 0.4) is 0 Å². The molecule has 0 N–H and O–H groups in total. The molecule has 66 valence electrons. The van der Waals surface area contributed by atoms with Crippen molar-refractivity contribution in [1.29, 1.82) is 0 Å². The van der Waals surface area contributed by atoms with Gasteiger partial charge in [0, 0.05) is 17.5 Å². The van der Waals surface area contributed by atoms with E-state index in [2.05, 4.69) is 30.2 Å². The van der Waals surface area contributed by atoms with Gasteiger partial charge in [0.05, 0.1) is 0 Å². The normalized spacial score (nSPS) is 24.0. The van der Waals surface area contributed by atoms with Crippen LogP contribution in [-0.4, -0.2) is 17.5 Å². The van der Waals surface area contributed by atoms with E-state index in [0.717, 1.165) is 12.6 Å². The van der Waals surface area contributed by atoms with Crippen molar-refractivity contribution in [2.24, 2.45) is 0 Å². The van der Waals surface area contributed by atoms with Gasteiger partial charge in [0.25, 0.3) is 0 Å². The largest absolute Gasteiger partial charge is 0.296 e. The maximum Gasteiger partial charge on any atom is 0.0247 e. The van der Waals surface area contributed by atoms with Crippen molar-refractivity contribution in [3.05, 3.63) is 21.9 Å². The van der Waals surface area contributed by atoms with E-state index >= 15 is 0 Å². The van der Waals surface area contributed by atoms with Gasteiger partial charge in [0.2, 0.25) is 0 Å². The molecular weight excluding hydrogens is 166 g/mol. The third-order valence-electron chi connectivity index (χ3n) is 2.72. The molecule has 0 radical (unpaired) electrons. The Balaban J connectivity index is 2.23. The standard InChI is InChI=1S/C10H15NS/c1-3-11-7-9-4-5-12-10(9)6-8(11)2/h4-5,8H,3,6-7H2,1-2H3. The molecule has 2 heteroatoms. The van der Waals surface area contributed by atoms with Crippen molar-refractivity contribution in [2.75, 3.05) is 6.54 Å². The van der Waals surface area contributed by atoms with Crippen LogP contribution < -0.4 is 0 Å². The first-order valence-electron chi connectivity index (χ1n) is 4.60. The van der Waals surface area contributed by atoms with E-state index < -0.39 is 0 Å². The van der Waals surface area contributed by atoms with Gasteiger partial charge in [0.1, 0.15) is 0 Å². The Kier molecular flexibility index (Phi) is 2.20. The minimum atomic E-state index is 0.737. The van der Waals surface area contributed by atoms with Gasteiger partial charge in [0.15, 0.2) is 0 Å². The highest BCUT2D eigenvalue weighted by Gasteiger charge is 2.21. The lowest BCUT2D eigenvalue weighted by Gasteiger charge is -2.32. The second kappa shape index (κ2) is 3.19. The lowest BCUT2D eigenvalue weighted by Crippen LogP contribution is -2.37. The van der Waals surface area contributed by atoms with Gasteiger partial charge >= 0.3 is 0 Å². The summed E-state index contributed by atoms with van der Waals surface area (Å²) in [6.07, 6.45) is 1.25. The fourth-order valence-corrected chi connectivity index (χ4v) is 2.90. The fourth-order valence-electron chi connectivity index (χ4n) is 1.88. The maximum atomic E-state index is 2.54. The van der Waals surface area contributed by atoms with Crippen LogP contribution in [0, 0.1) is 0 Å². The van der Waals surface area contributed by atoms with Crippen LogP contribution in [0.2, 0.25) is 0 Å². The summed E-state index contributed by atoms with van der Waals surface area (Å²) in [5.74, 6) is 0. The first kappa shape index (κ1) is 8.27. The van der Waals surface area contributed by atoms with E-state index in [1.165, 1.54) is 13.0 Å². The lowest BCUT2D eigenvalue weighted by molar-refractivity contribution is 0.197. The van der Waals surface area contributed by atoms with Gasteiger partial charge in [-0.3, -0.25) is 4.90 Å². The zero-order chi connectivity index (χ0) is 8.55. The molecule has 1 aromatic heterocycles. The van der Waals surface area contributed by atoms with Crippen molar-refractivity contribution in [3.8, 4) is 0 Å². The molecule has 0 bridgehead atoms. The number of fused-ring (bicyclic) bond motifs is 1. The molecule has 0 aromatic carbocycles. The van der Waals surface area contributed by atoms with Gasteiger partial charge in [-0.25, -0.2) is 0 Å². The zero-order valence-corrected chi connectivity index (χ0v) is 8.53. The Bertz CT molecular complexity index is 267. The molecule has 0 spiro atoms. The molecule has 1 aliphatic heterocycles. The molecule has 12 heavy (non-hydrogen) atoms. The van der Waals surface area contributed by atoms with Crippen molar-refractivity contribution in [2.45, 2.75) is 32.9 Å². The van der Waals surface area contributed by atoms with Gasteiger partial charge in [-0.05, 0) is 36.9 Å². The van der Waals surface area contributed by atoms with Crippen LogP contribution in [0.5, 0.6) is 0 Å². The fraction of sp³-hybridized carbons (Fsp3) is 0.600. The predicted molar refractivity (Wildman–Crippen MR) is 53.6 cm³/mol. The summed E-state index contributed by atoms with van der Waals surface area (Å²) in [5, 5.41) is 2.22. The van der Waals surface area contributed by atoms with Crippen LogP contribution >= 0.6 is 11.3 Å². The second-order valence-electron chi connectivity index (χ2n) is 3.49. The van der Waals surface area contributed by atoms with E-state index in [0.29, 0.717) is 0 Å². The van der Waals surface area contributed by atoms with Crippen LogP contribution in [0.15, 0.2) is 11.4 Å². The highest BCUT2D eigenvalue weighted by molar-refractivity contribution is 7.10. The summed E-state index contributed by atoms with van der Waals surface area (Å²) in [6, 6.07) is 3.01. The summed E-state index contributed by atoms with van der Waals surface area (Å²) in [7, 11) is 0. The molecular formula is C10H15NS. The average Bonchev–Trinajstić information content (AvgIpc) is 2.49. The quantitative estimate of drug-likeness (QED) is 0.643. The highest BCUT2D eigenvalue weighted by atomic mass is 32.1. The molecule has 0 aliphatic carbocycles. The van der Waals surface area contributed by atoms with E-state index in [-0.39, 0.29) is 0 Å². The summed E-state index contributed by atoms with van der Waals surface area (Å²) in [4.78, 5) is 4.14. The van der Waals surface area contributed by atoms with Crippen LogP contribution in [0.25, 0.3) is 0 Å². The monoisotopic (exact) mass is 181 g/mol. The molecule has 2 rings (SSSR count). The molecule has 1 nitrogen and oxygen atoms in total. The summed E-state index contributed by atoms with van der Waals surface area (Å²) >= 11 is 1.91. The van der Waals surface area contributed by atoms with E-state index in [1.807, 2.05) is 11.3 Å². The van der Waals surface area contributed by atoms with E-state index in [9.17, 15) is 0 Å². The van der Waals surface area contributed by atoms with Gasteiger partial charge in [-0.2, -0.15) is 0 Å². The van der Waals surface area contributed by atoms with Crippen molar-refractivity contribution in [3.63, 3.8) is 0 Å². The minimum absolute atomic E-state index is 0.737. The molecule has 2 heterocycles. The average molecular weight is 181 g/mol. The molecule has 1 atom stereocenters. The molecule has 0 saturated heterocycles. The van der Waals surface area contributed by atoms with Crippen molar-refractivity contribution in [1.82, 2.24) is 4.90 Å². The second-order valence-corrected chi connectivity index (χ2v) is 4.49. The van der Waals surface area contributed by atoms with Gasteiger partial charge < -0.3 is 0 Å². The molecule has 0 fully saturated rings. The Hall–Kier alpha value is -0.340. The maximum absolute atomic E-state index is 2.54. The topological polar surface area (TPSA) is 3.24 Å². The third-order valence-corrected chi connectivity index (χ3v) is 3.71. The minimum Gasteiger partial charge on any atom is -0.296 e. The molecule has 0 amide bonds. The van der Waals surface area contributed by atoms with E-state index in [1.54, 1.807) is 10.4 Å². The van der Waals surface area contributed by atoms with Crippen LogP contribution in [0.4, 0.5) is 0 Å². The highest BCUT2D eigenvalue weighted by Crippen LogP contribution is 2.26. The number of hydrogen-bond acceptors (Lipinski definition) is 2. The van der Waals surface area contributed by atoms with Crippen LogP contribution in [-0.2, 0) is 13.0 Å². The SMILES string of the molecule is CCN1Cc2ccsc2CC1C.